The molecule has 0 saturated heterocycles. The second-order valence-corrected chi connectivity index (χ2v) is 6.39. The van der Waals surface area contributed by atoms with Gasteiger partial charge in [0.15, 0.2) is 0 Å². The SMILES string of the molecule is COC(=O)CCCS(=O)(=O)Nc1c(F)cccc1Br. The Morgan fingerprint density at radius 3 is 2.74 bits per heavy atom. The summed E-state index contributed by atoms with van der Waals surface area (Å²) in [6.07, 6.45) is 0.101. The van der Waals surface area contributed by atoms with Crippen LogP contribution in [-0.2, 0) is 19.6 Å². The summed E-state index contributed by atoms with van der Waals surface area (Å²) in [4.78, 5) is 10.9. The highest BCUT2D eigenvalue weighted by molar-refractivity contribution is 9.10. The van der Waals surface area contributed by atoms with Crippen LogP contribution in [-0.4, -0.2) is 27.2 Å². The molecule has 0 radical (unpaired) electrons. The zero-order valence-corrected chi connectivity index (χ0v) is 12.6. The molecule has 106 valence electrons. The molecule has 0 bridgehead atoms. The van der Waals surface area contributed by atoms with E-state index < -0.39 is 21.8 Å². The Kier molecular flexibility index (Phi) is 5.74. The average Bonchev–Trinajstić information content (AvgIpc) is 2.33. The normalized spacial score (nSPS) is 11.1. The molecule has 1 N–H and O–H groups in total. The number of sulfonamides is 1. The lowest BCUT2D eigenvalue weighted by Crippen LogP contribution is -2.18. The number of carbonyl (C=O) groups excluding carboxylic acids is 1. The predicted molar refractivity (Wildman–Crippen MR) is 72.8 cm³/mol. The minimum atomic E-state index is -3.71. The lowest BCUT2D eigenvalue weighted by molar-refractivity contribution is -0.140. The maximum absolute atomic E-state index is 13.5. The van der Waals surface area contributed by atoms with Crippen molar-refractivity contribution in [3.8, 4) is 0 Å². The fourth-order valence-corrected chi connectivity index (χ4v) is 3.03. The smallest absolute Gasteiger partial charge is 0.305 e. The van der Waals surface area contributed by atoms with E-state index in [1.54, 1.807) is 0 Å². The minimum absolute atomic E-state index is 0.00412. The van der Waals surface area contributed by atoms with E-state index in [2.05, 4.69) is 25.4 Å². The van der Waals surface area contributed by atoms with E-state index in [9.17, 15) is 17.6 Å². The third-order valence-corrected chi connectivity index (χ3v) is 4.24. The van der Waals surface area contributed by atoms with Crippen molar-refractivity contribution in [2.75, 3.05) is 17.6 Å². The fraction of sp³-hybridized carbons (Fsp3) is 0.364. The molecule has 0 heterocycles. The highest BCUT2D eigenvalue weighted by Crippen LogP contribution is 2.26. The summed E-state index contributed by atoms with van der Waals surface area (Å²) in [5.41, 5.74) is -0.138. The molecule has 19 heavy (non-hydrogen) atoms. The number of rotatable bonds is 6. The molecule has 0 amide bonds. The van der Waals surface area contributed by atoms with Crippen molar-refractivity contribution in [1.82, 2.24) is 0 Å². The second kappa shape index (κ2) is 6.85. The molecule has 0 aromatic heterocycles. The van der Waals surface area contributed by atoms with Crippen LogP contribution in [0.25, 0.3) is 0 Å². The molecule has 1 rings (SSSR count). The summed E-state index contributed by atoms with van der Waals surface area (Å²) in [6.45, 7) is 0. The van der Waals surface area contributed by atoms with Gasteiger partial charge in [-0.15, -0.1) is 0 Å². The van der Waals surface area contributed by atoms with E-state index in [1.807, 2.05) is 0 Å². The first-order chi connectivity index (χ1) is 8.85. The number of esters is 1. The highest BCUT2D eigenvalue weighted by Gasteiger charge is 2.16. The quantitative estimate of drug-likeness (QED) is 0.796. The molecule has 1 aromatic rings. The van der Waals surface area contributed by atoms with Gasteiger partial charge in [-0.2, -0.15) is 0 Å². The molecular weight excluding hydrogens is 341 g/mol. The number of benzene rings is 1. The molecule has 0 saturated carbocycles. The molecule has 0 spiro atoms. The third-order valence-electron chi connectivity index (χ3n) is 2.24. The number of nitrogens with one attached hydrogen (secondary N) is 1. The molecule has 0 aliphatic carbocycles. The van der Waals surface area contributed by atoms with E-state index in [0.29, 0.717) is 4.47 Å². The van der Waals surface area contributed by atoms with Crippen molar-refractivity contribution in [2.45, 2.75) is 12.8 Å². The van der Waals surface area contributed by atoms with Crippen LogP contribution in [0.15, 0.2) is 22.7 Å². The van der Waals surface area contributed by atoms with Crippen LogP contribution in [0.3, 0.4) is 0 Å². The number of para-hydroxylation sites is 1. The summed E-state index contributed by atoms with van der Waals surface area (Å²) in [5, 5.41) is 0. The predicted octanol–water partition coefficient (Wildman–Crippen LogP) is 2.28. The number of halogens is 2. The third kappa shape index (κ3) is 5.15. The summed E-state index contributed by atoms with van der Waals surface area (Å²) >= 11 is 3.06. The van der Waals surface area contributed by atoms with Gasteiger partial charge in [0.2, 0.25) is 10.0 Å². The topological polar surface area (TPSA) is 72.5 Å². The van der Waals surface area contributed by atoms with Gasteiger partial charge < -0.3 is 4.74 Å². The highest BCUT2D eigenvalue weighted by atomic mass is 79.9. The molecule has 5 nitrogen and oxygen atoms in total. The van der Waals surface area contributed by atoms with Crippen LogP contribution in [0.4, 0.5) is 10.1 Å². The maximum Gasteiger partial charge on any atom is 0.305 e. The first-order valence-electron chi connectivity index (χ1n) is 5.37. The van der Waals surface area contributed by atoms with Crippen LogP contribution in [0, 0.1) is 5.82 Å². The number of anilines is 1. The Bertz CT molecular complexity index is 542. The second-order valence-electron chi connectivity index (χ2n) is 3.70. The van der Waals surface area contributed by atoms with Crippen molar-refractivity contribution in [3.63, 3.8) is 0 Å². The monoisotopic (exact) mass is 353 g/mol. The van der Waals surface area contributed by atoms with Gasteiger partial charge in [0, 0.05) is 10.9 Å². The van der Waals surface area contributed by atoms with Gasteiger partial charge in [0.05, 0.1) is 18.6 Å². The van der Waals surface area contributed by atoms with Crippen molar-refractivity contribution in [3.05, 3.63) is 28.5 Å². The standard InChI is InChI=1S/C11H13BrFNO4S/c1-18-10(15)6-3-7-19(16,17)14-11-8(12)4-2-5-9(11)13/h2,4-5,14H,3,6-7H2,1H3. The zero-order valence-electron chi connectivity index (χ0n) is 10.2. The van der Waals surface area contributed by atoms with Crippen LogP contribution in [0.1, 0.15) is 12.8 Å². The summed E-state index contributed by atoms with van der Waals surface area (Å²) in [6, 6.07) is 4.13. The van der Waals surface area contributed by atoms with Gasteiger partial charge in [-0.25, -0.2) is 12.8 Å². The van der Waals surface area contributed by atoms with Gasteiger partial charge in [-0.1, -0.05) is 6.07 Å². The summed E-state index contributed by atoms with van der Waals surface area (Å²) in [7, 11) is -2.48. The molecule has 0 fully saturated rings. The Labute approximate surface area is 119 Å². The number of hydrogen-bond acceptors (Lipinski definition) is 4. The van der Waals surface area contributed by atoms with E-state index in [4.69, 9.17) is 0 Å². The Hall–Kier alpha value is -1.15. The summed E-state index contributed by atoms with van der Waals surface area (Å²) < 4.78 is 43.8. The van der Waals surface area contributed by atoms with E-state index in [0.717, 1.165) is 6.07 Å². The van der Waals surface area contributed by atoms with Crippen molar-refractivity contribution in [1.29, 1.82) is 0 Å². The van der Waals surface area contributed by atoms with Gasteiger partial charge in [-0.3, -0.25) is 9.52 Å². The fourth-order valence-electron chi connectivity index (χ4n) is 1.31. The van der Waals surface area contributed by atoms with Crippen molar-refractivity contribution >= 4 is 37.6 Å². The van der Waals surface area contributed by atoms with E-state index >= 15 is 0 Å². The number of carbonyl (C=O) groups is 1. The van der Waals surface area contributed by atoms with Crippen LogP contribution in [0.5, 0.6) is 0 Å². The summed E-state index contributed by atoms with van der Waals surface area (Å²) in [5.74, 6) is -1.45. The molecule has 1 aromatic carbocycles. The minimum Gasteiger partial charge on any atom is -0.469 e. The first-order valence-corrected chi connectivity index (χ1v) is 7.81. The van der Waals surface area contributed by atoms with E-state index in [-0.39, 0.29) is 24.3 Å². The zero-order chi connectivity index (χ0) is 14.5. The molecular formula is C11H13BrFNO4S. The number of hydrogen-bond donors (Lipinski definition) is 1. The molecule has 8 heteroatoms. The molecule has 0 unspecified atom stereocenters. The Morgan fingerprint density at radius 1 is 1.47 bits per heavy atom. The molecule has 0 aliphatic rings. The Balaban J connectivity index is 2.67. The largest absolute Gasteiger partial charge is 0.469 e. The van der Waals surface area contributed by atoms with Gasteiger partial charge in [0.1, 0.15) is 5.82 Å². The average molecular weight is 354 g/mol. The van der Waals surface area contributed by atoms with Crippen LogP contribution < -0.4 is 4.72 Å². The molecule has 0 atom stereocenters. The van der Waals surface area contributed by atoms with Gasteiger partial charge in [-0.05, 0) is 34.5 Å². The van der Waals surface area contributed by atoms with Crippen molar-refractivity contribution < 1.29 is 22.3 Å². The number of ether oxygens (including phenoxy) is 1. The van der Waals surface area contributed by atoms with Crippen molar-refractivity contribution in [2.24, 2.45) is 0 Å². The first kappa shape index (κ1) is 15.9. The molecule has 0 aliphatic heterocycles. The van der Waals surface area contributed by atoms with Gasteiger partial charge in [0.25, 0.3) is 0 Å². The maximum atomic E-state index is 13.5. The number of methoxy groups -OCH3 is 1. The van der Waals surface area contributed by atoms with Gasteiger partial charge >= 0.3 is 5.97 Å². The van der Waals surface area contributed by atoms with Crippen LogP contribution in [0.2, 0.25) is 0 Å². The van der Waals surface area contributed by atoms with E-state index in [1.165, 1.54) is 19.2 Å². The lowest BCUT2D eigenvalue weighted by atomic mass is 10.3. The Morgan fingerprint density at radius 2 is 2.16 bits per heavy atom. The van der Waals surface area contributed by atoms with Crippen LogP contribution >= 0.6 is 15.9 Å². The lowest BCUT2D eigenvalue weighted by Gasteiger charge is -2.10.